The molecule has 0 amide bonds. The van der Waals surface area contributed by atoms with Gasteiger partial charge in [-0.15, -0.1) is 0 Å². The van der Waals surface area contributed by atoms with Crippen LogP contribution in [0, 0.1) is 11.8 Å². The highest BCUT2D eigenvalue weighted by Crippen LogP contribution is 2.14. The summed E-state index contributed by atoms with van der Waals surface area (Å²) in [5.41, 5.74) is 0. The monoisotopic (exact) mass is 468 g/mol. The van der Waals surface area contributed by atoms with E-state index in [0.29, 0.717) is 37.9 Å². The molecule has 0 bridgehead atoms. The van der Waals surface area contributed by atoms with E-state index in [1.165, 1.54) is 57.8 Å². The maximum Gasteiger partial charge on any atom is 0.305 e. The van der Waals surface area contributed by atoms with E-state index in [9.17, 15) is 9.59 Å². The van der Waals surface area contributed by atoms with E-state index < -0.39 is 0 Å². The standard InChI is InChI=1S/C29H56O4/c1-26(2)20-18-24-32-28(30)22-16-14-12-10-8-6-5-7-9-11-13-15-17-23-29(31)33-25-19-21-27(3)4/h26-27H,5-25H2,1-4H3. The van der Waals surface area contributed by atoms with Gasteiger partial charge in [-0.2, -0.15) is 0 Å². The van der Waals surface area contributed by atoms with Gasteiger partial charge in [0.25, 0.3) is 0 Å². The summed E-state index contributed by atoms with van der Waals surface area (Å²) >= 11 is 0. The molecule has 4 heteroatoms. The predicted molar refractivity (Wildman–Crippen MR) is 139 cm³/mol. The summed E-state index contributed by atoms with van der Waals surface area (Å²) in [5.74, 6) is 1.33. The van der Waals surface area contributed by atoms with E-state index in [4.69, 9.17) is 9.47 Å². The van der Waals surface area contributed by atoms with Crippen LogP contribution in [0.25, 0.3) is 0 Å². The zero-order chi connectivity index (χ0) is 24.6. The van der Waals surface area contributed by atoms with E-state index in [2.05, 4.69) is 27.7 Å². The lowest BCUT2D eigenvalue weighted by atomic mass is 10.0. The topological polar surface area (TPSA) is 52.6 Å². The van der Waals surface area contributed by atoms with E-state index in [1.54, 1.807) is 0 Å². The molecule has 0 saturated carbocycles. The molecule has 0 aromatic carbocycles. The molecule has 0 spiro atoms. The van der Waals surface area contributed by atoms with Gasteiger partial charge in [0.2, 0.25) is 0 Å². The Labute approximate surface area is 206 Å². The van der Waals surface area contributed by atoms with Crippen LogP contribution >= 0.6 is 0 Å². The van der Waals surface area contributed by atoms with Crippen LogP contribution in [-0.4, -0.2) is 25.2 Å². The fourth-order valence-electron chi connectivity index (χ4n) is 3.98. The minimum absolute atomic E-state index is 0.0178. The SMILES string of the molecule is CC(C)CCCOC(=O)CCCCCCCCCCCCCCCC(=O)OCCCC(C)C. The third-order valence-electron chi connectivity index (χ3n) is 6.14. The van der Waals surface area contributed by atoms with Gasteiger partial charge in [-0.1, -0.05) is 98.3 Å². The lowest BCUT2D eigenvalue weighted by Crippen LogP contribution is -2.06. The Morgan fingerprint density at radius 2 is 0.727 bits per heavy atom. The van der Waals surface area contributed by atoms with Crippen LogP contribution in [0.3, 0.4) is 0 Å². The van der Waals surface area contributed by atoms with Crippen molar-refractivity contribution < 1.29 is 19.1 Å². The fraction of sp³-hybridized carbons (Fsp3) is 0.931. The highest BCUT2D eigenvalue weighted by atomic mass is 16.5. The summed E-state index contributed by atoms with van der Waals surface area (Å²) in [7, 11) is 0. The molecule has 0 N–H and O–H groups in total. The molecule has 0 atom stereocenters. The van der Waals surface area contributed by atoms with Crippen LogP contribution in [-0.2, 0) is 19.1 Å². The van der Waals surface area contributed by atoms with Crippen LogP contribution in [0.4, 0.5) is 0 Å². The van der Waals surface area contributed by atoms with Crippen LogP contribution < -0.4 is 0 Å². The Balaban J connectivity index is 3.21. The molecule has 0 unspecified atom stereocenters. The largest absolute Gasteiger partial charge is 0.466 e. The van der Waals surface area contributed by atoms with Crippen molar-refractivity contribution in [2.45, 2.75) is 150 Å². The Hall–Kier alpha value is -1.06. The molecule has 0 aromatic heterocycles. The maximum atomic E-state index is 11.7. The number of hydrogen-bond acceptors (Lipinski definition) is 4. The molecule has 0 aliphatic heterocycles. The number of ether oxygens (including phenoxy) is 2. The van der Waals surface area contributed by atoms with Gasteiger partial charge >= 0.3 is 11.9 Å². The van der Waals surface area contributed by atoms with Crippen molar-refractivity contribution in [2.75, 3.05) is 13.2 Å². The first kappa shape index (κ1) is 31.9. The number of carbonyl (C=O) groups excluding carboxylic acids is 2. The fourth-order valence-corrected chi connectivity index (χ4v) is 3.98. The van der Waals surface area contributed by atoms with Crippen molar-refractivity contribution in [2.24, 2.45) is 11.8 Å². The minimum Gasteiger partial charge on any atom is -0.466 e. The first-order valence-corrected chi connectivity index (χ1v) is 14.2. The smallest absolute Gasteiger partial charge is 0.305 e. The van der Waals surface area contributed by atoms with Gasteiger partial charge in [-0.05, 0) is 50.4 Å². The molecule has 196 valence electrons. The van der Waals surface area contributed by atoms with Crippen molar-refractivity contribution in [1.82, 2.24) is 0 Å². The van der Waals surface area contributed by atoms with Crippen molar-refractivity contribution in [3.63, 3.8) is 0 Å². The van der Waals surface area contributed by atoms with Gasteiger partial charge in [0, 0.05) is 12.8 Å². The Morgan fingerprint density at radius 1 is 0.455 bits per heavy atom. The van der Waals surface area contributed by atoms with E-state index in [0.717, 1.165) is 51.4 Å². The Bertz CT molecular complexity index is 405. The Kier molecular flexibility index (Phi) is 23.3. The van der Waals surface area contributed by atoms with Gasteiger partial charge in [-0.25, -0.2) is 0 Å². The molecule has 0 aliphatic carbocycles. The predicted octanol–water partition coefficient (Wildman–Crippen LogP) is 8.80. The second-order valence-electron chi connectivity index (χ2n) is 10.6. The molecule has 0 heterocycles. The lowest BCUT2D eigenvalue weighted by Gasteiger charge is -2.07. The maximum absolute atomic E-state index is 11.7. The second kappa shape index (κ2) is 24.1. The first-order valence-electron chi connectivity index (χ1n) is 14.2. The third-order valence-corrected chi connectivity index (χ3v) is 6.14. The molecule has 0 fully saturated rings. The number of carbonyl (C=O) groups is 2. The van der Waals surface area contributed by atoms with E-state index in [-0.39, 0.29) is 11.9 Å². The summed E-state index contributed by atoms with van der Waals surface area (Å²) in [4.78, 5) is 23.3. The highest BCUT2D eigenvalue weighted by Gasteiger charge is 2.04. The minimum atomic E-state index is -0.0178. The molecule has 0 radical (unpaired) electrons. The second-order valence-corrected chi connectivity index (χ2v) is 10.6. The number of rotatable bonds is 24. The molecule has 33 heavy (non-hydrogen) atoms. The van der Waals surface area contributed by atoms with E-state index in [1.807, 2.05) is 0 Å². The normalized spacial score (nSPS) is 11.3. The van der Waals surface area contributed by atoms with Gasteiger partial charge in [0.05, 0.1) is 13.2 Å². The number of hydrogen-bond donors (Lipinski definition) is 0. The van der Waals surface area contributed by atoms with Crippen LogP contribution in [0.5, 0.6) is 0 Å². The summed E-state index contributed by atoms with van der Waals surface area (Å²) in [6, 6.07) is 0. The van der Waals surface area contributed by atoms with Crippen LogP contribution in [0.15, 0.2) is 0 Å². The molecule has 0 aromatic rings. The van der Waals surface area contributed by atoms with E-state index >= 15 is 0 Å². The van der Waals surface area contributed by atoms with Crippen molar-refractivity contribution in [3.8, 4) is 0 Å². The molecule has 0 aliphatic rings. The number of esters is 2. The molecule has 4 nitrogen and oxygen atoms in total. The Morgan fingerprint density at radius 3 is 1.00 bits per heavy atom. The average Bonchev–Trinajstić information content (AvgIpc) is 2.76. The van der Waals surface area contributed by atoms with Crippen LogP contribution in [0.1, 0.15) is 150 Å². The summed E-state index contributed by atoms with van der Waals surface area (Å²) in [6.45, 7) is 9.96. The van der Waals surface area contributed by atoms with Gasteiger partial charge in [0.1, 0.15) is 0 Å². The average molecular weight is 469 g/mol. The lowest BCUT2D eigenvalue weighted by molar-refractivity contribution is -0.144. The van der Waals surface area contributed by atoms with Crippen molar-refractivity contribution >= 4 is 11.9 Å². The highest BCUT2D eigenvalue weighted by molar-refractivity contribution is 5.69. The van der Waals surface area contributed by atoms with Crippen molar-refractivity contribution in [1.29, 1.82) is 0 Å². The first-order chi connectivity index (χ1) is 15.9. The summed E-state index contributed by atoms with van der Waals surface area (Å²) in [5, 5.41) is 0. The van der Waals surface area contributed by atoms with Crippen molar-refractivity contribution in [3.05, 3.63) is 0 Å². The quantitative estimate of drug-likeness (QED) is 0.105. The van der Waals surface area contributed by atoms with Crippen LogP contribution in [0.2, 0.25) is 0 Å². The van der Waals surface area contributed by atoms with Gasteiger partial charge < -0.3 is 9.47 Å². The van der Waals surface area contributed by atoms with Gasteiger partial charge in [0.15, 0.2) is 0 Å². The van der Waals surface area contributed by atoms with Gasteiger partial charge in [-0.3, -0.25) is 9.59 Å². The third kappa shape index (κ3) is 27.1. The molecule has 0 rings (SSSR count). The summed E-state index contributed by atoms with van der Waals surface area (Å²) in [6.07, 6.45) is 21.3. The number of unbranched alkanes of at least 4 members (excludes halogenated alkanes) is 12. The summed E-state index contributed by atoms with van der Waals surface area (Å²) < 4.78 is 10.6. The zero-order valence-corrected chi connectivity index (χ0v) is 22.6. The molecular weight excluding hydrogens is 412 g/mol. The zero-order valence-electron chi connectivity index (χ0n) is 22.6. The molecule has 0 saturated heterocycles. The molecular formula is C29H56O4.